The molecule has 2 fully saturated rings. The Labute approximate surface area is 161 Å². The summed E-state index contributed by atoms with van der Waals surface area (Å²) in [5.41, 5.74) is 0. The molecule has 0 aromatic carbocycles. The minimum atomic E-state index is -2.83. The lowest BCUT2D eigenvalue weighted by Gasteiger charge is -2.25. The number of guanidine groups is 1. The van der Waals surface area contributed by atoms with Crippen LogP contribution >= 0.6 is 11.3 Å². The topological polar surface area (TPSA) is 73.8 Å². The Balaban J connectivity index is 1.61. The van der Waals surface area contributed by atoms with Crippen LogP contribution in [0.1, 0.15) is 37.1 Å². The fourth-order valence-electron chi connectivity index (χ4n) is 3.71. The number of thiophene rings is 1. The lowest BCUT2D eigenvalue weighted by atomic mass is 10.1. The smallest absolute Gasteiger partial charge is 0.191 e. The minimum absolute atomic E-state index is 0.190. The predicted octanol–water partition coefficient (Wildman–Crippen LogP) is 1.87. The second-order valence-electron chi connectivity index (χ2n) is 7.14. The molecule has 1 aromatic heterocycles. The molecule has 0 amide bonds. The molecule has 0 spiro atoms. The van der Waals surface area contributed by atoms with E-state index in [4.69, 9.17) is 4.99 Å². The highest BCUT2D eigenvalue weighted by Gasteiger charge is 2.28. The molecule has 2 unspecified atom stereocenters. The van der Waals surface area contributed by atoms with Crippen molar-refractivity contribution in [3.63, 3.8) is 0 Å². The van der Waals surface area contributed by atoms with Crippen molar-refractivity contribution in [1.82, 2.24) is 15.5 Å². The fraction of sp³-hybridized carbons (Fsp3) is 0.722. The van der Waals surface area contributed by atoms with Gasteiger partial charge in [0.1, 0.15) is 0 Å². The summed E-state index contributed by atoms with van der Waals surface area (Å²) >= 11 is 1.80. The molecule has 2 aliphatic heterocycles. The van der Waals surface area contributed by atoms with Crippen LogP contribution in [0.2, 0.25) is 0 Å². The van der Waals surface area contributed by atoms with Gasteiger partial charge in [-0.3, -0.25) is 9.89 Å². The highest BCUT2D eigenvalue weighted by Crippen LogP contribution is 2.28. The average Bonchev–Trinajstić information content (AvgIpc) is 3.35. The molecule has 8 heteroatoms. The van der Waals surface area contributed by atoms with Gasteiger partial charge in [0, 0.05) is 18.0 Å². The number of rotatable bonds is 7. The van der Waals surface area contributed by atoms with E-state index in [1.165, 1.54) is 17.7 Å². The maximum absolute atomic E-state index is 11.6. The molecule has 0 radical (unpaired) electrons. The molecule has 6 nitrogen and oxygen atoms in total. The van der Waals surface area contributed by atoms with E-state index in [1.54, 1.807) is 11.3 Å². The molecule has 2 saturated heterocycles. The molecule has 3 heterocycles. The first-order chi connectivity index (χ1) is 12.6. The third kappa shape index (κ3) is 5.44. The van der Waals surface area contributed by atoms with Gasteiger partial charge in [-0.15, -0.1) is 11.3 Å². The van der Waals surface area contributed by atoms with E-state index in [-0.39, 0.29) is 5.92 Å². The van der Waals surface area contributed by atoms with Crippen molar-refractivity contribution in [2.75, 3.05) is 44.2 Å². The molecule has 3 rings (SSSR count). The summed E-state index contributed by atoms with van der Waals surface area (Å²) in [6.07, 6.45) is 3.28. The van der Waals surface area contributed by atoms with Crippen LogP contribution in [-0.2, 0) is 9.84 Å². The molecule has 0 aliphatic carbocycles. The van der Waals surface area contributed by atoms with Crippen LogP contribution < -0.4 is 10.6 Å². The van der Waals surface area contributed by atoms with Gasteiger partial charge in [-0.05, 0) is 56.6 Å². The number of nitrogens with zero attached hydrogens (tertiary/aromatic N) is 2. The second-order valence-corrected chi connectivity index (χ2v) is 10.4. The van der Waals surface area contributed by atoms with Crippen LogP contribution in [0.25, 0.3) is 0 Å². The maximum atomic E-state index is 11.6. The summed E-state index contributed by atoms with van der Waals surface area (Å²) in [6, 6.07) is 4.64. The van der Waals surface area contributed by atoms with Gasteiger partial charge in [-0.1, -0.05) is 6.07 Å². The first kappa shape index (κ1) is 19.6. The molecule has 26 heavy (non-hydrogen) atoms. The van der Waals surface area contributed by atoms with Gasteiger partial charge in [0.15, 0.2) is 15.8 Å². The Morgan fingerprint density at radius 1 is 1.38 bits per heavy atom. The predicted molar refractivity (Wildman–Crippen MR) is 109 cm³/mol. The van der Waals surface area contributed by atoms with Crippen LogP contribution in [0.3, 0.4) is 0 Å². The van der Waals surface area contributed by atoms with Crippen LogP contribution in [-0.4, -0.2) is 63.5 Å². The molecule has 0 saturated carbocycles. The van der Waals surface area contributed by atoms with E-state index in [9.17, 15) is 8.42 Å². The van der Waals surface area contributed by atoms with E-state index in [0.717, 1.165) is 38.6 Å². The molecule has 146 valence electrons. The molecular weight excluding hydrogens is 368 g/mol. The minimum Gasteiger partial charge on any atom is -0.357 e. The third-order valence-electron chi connectivity index (χ3n) is 5.10. The highest BCUT2D eigenvalue weighted by atomic mass is 32.2. The first-order valence-electron chi connectivity index (χ1n) is 9.57. The van der Waals surface area contributed by atoms with Crippen LogP contribution in [0.4, 0.5) is 0 Å². The largest absolute Gasteiger partial charge is 0.357 e. The van der Waals surface area contributed by atoms with Crippen molar-refractivity contribution in [2.45, 2.75) is 32.2 Å². The Kier molecular flexibility index (Phi) is 6.94. The molecule has 2 aliphatic rings. The lowest BCUT2D eigenvalue weighted by molar-refractivity contribution is 0.255. The van der Waals surface area contributed by atoms with Crippen molar-refractivity contribution in [2.24, 2.45) is 10.9 Å². The summed E-state index contributed by atoms with van der Waals surface area (Å²) in [5.74, 6) is 1.60. The summed E-state index contributed by atoms with van der Waals surface area (Å²) in [7, 11) is -2.83. The standard InChI is InChI=1S/C18H30N4O2S2/c1-2-19-18(20-12-15-7-11-26(23,24)14-15)21-13-16(17-6-5-10-25-17)22-8-3-4-9-22/h5-6,10,15-16H,2-4,7-9,11-14H2,1H3,(H2,19,20,21). The van der Waals surface area contributed by atoms with E-state index in [1.807, 2.05) is 0 Å². The normalized spacial score (nSPS) is 24.7. The van der Waals surface area contributed by atoms with E-state index < -0.39 is 9.84 Å². The van der Waals surface area contributed by atoms with Gasteiger partial charge in [0.2, 0.25) is 0 Å². The summed E-state index contributed by atoms with van der Waals surface area (Å²) in [4.78, 5) is 8.72. The fourth-order valence-corrected chi connectivity index (χ4v) is 6.43. The van der Waals surface area contributed by atoms with Gasteiger partial charge in [0.25, 0.3) is 0 Å². The number of likely N-dealkylation sites (tertiary alicyclic amines) is 1. The van der Waals surface area contributed by atoms with Crippen LogP contribution in [0.15, 0.2) is 22.5 Å². The number of nitrogens with one attached hydrogen (secondary N) is 2. The molecule has 0 bridgehead atoms. The number of aliphatic imine (C=N–C) groups is 1. The molecule has 2 atom stereocenters. The van der Waals surface area contributed by atoms with Crippen molar-refractivity contribution in [3.8, 4) is 0 Å². The van der Waals surface area contributed by atoms with Crippen molar-refractivity contribution < 1.29 is 8.42 Å². The average molecular weight is 399 g/mol. The molecule has 1 aromatic rings. The van der Waals surface area contributed by atoms with Crippen molar-refractivity contribution >= 4 is 27.1 Å². The highest BCUT2D eigenvalue weighted by molar-refractivity contribution is 7.91. The monoisotopic (exact) mass is 398 g/mol. The Hall–Kier alpha value is -1.12. The van der Waals surface area contributed by atoms with Gasteiger partial charge in [-0.2, -0.15) is 0 Å². The van der Waals surface area contributed by atoms with Gasteiger partial charge in [0.05, 0.1) is 24.1 Å². The zero-order valence-corrected chi connectivity index (χ0v) is 17.1. The van der Waals surface area contributed by atoms with Crippen LogP contribution in [0.5, 0.6) is 0 Å². The van der Waals surface area contributed by atoms with Crippen LogP contribution in [0, 0.1) is 5.92 Å². The van der Waals surface area contributed by atoms with Gasteiger partial charge in [-0.25, -0.2) is 8.42 Å². The Morgan fingerprint density at radius 2 is 2.19 bits per heavy atom. The summed E-state index contributed by atoms with van der Waals surface area (Å²) in [6.45, 7) is 6.51. The lowest BCUT2D eigenvalue weighted by Crippen LogP contribution is -2.40. The van der Waals surface area contributed by atoms with Gasteiger partial charge >= 0.3 is 0 Å². The number of sulfone groups is 1. The number of hydrogen-bond acceptors (Lipinski definition) is 5. The SMILES string of the molecule is CCNC(=NCC(c1cccs1)N1CCCC1)NCC1CCS(=O)(=O)C1. The third-order valence-corrected chi connectivity index (χ3v) is 7.92. The Bertz CT molecular complexity index is 682. The second kappa shape index (κ2) is 9.19. The number of hydrogen-bond donors (Lipinski definition) is 2. The molecule has 2 N–H and O–H groups in total. The Morgan fingerprint density at radius 3 is 2.81 bits per heavy atom. The van der Waals surface area contributed by atoms with Crippen molar-refractivity contribution in [3.05, 3.63) is 22.4 Å². The van der Waals surface area contributed by atoms with E-state index in [0.29, 0.717) is 24.1 Å². The quantitative estimate of drug-likeness (QED) is 0.542. The van der Waals surface area contributed by atoms with E-state index in [2.05, 4.69) is 40.0 Å². The maximum Gasteiger partial charge on any atom is 0.191 e. The summed E-state index contributed by atoms with van der Waals surface area (Å²) in [5, 5.41) is 8.77. The summed E-state index contributed by atoms with van der Waals surface area (Å²) < 4.78 is 23.3. The zero-order chi connectivity index (χ0) is 18.4. The van der Waals surface area contributed by atoms with Crippen molar-refractivity contribution in [1.29, 1.82) is 0 Å². The molecular formula is C18H30N4O2S2. The zero-order valence-electron chi connectivity index (χ0n) is 15.5. The first-order valence-corrected chi connectivity index (χ1v) is 12.3. The van der Waals surface area contributed by atoms with Gasteiger partial charge < -0.3 is 10.6 Å². The van der Waals surface area contributed by atoms with E-state index >= 15 is 0 Å².